The third-order valence-electron chi connectivity index (χ3n) is 3.32. The average molecular weight is 461 g/mol. The minimum Gasteiger partial charge on any atom is -0.492 e. The van der Waals surface area contributed by atoms with Crippen LogP contribution in [0.3, 0.4) is 0 Å². The van der Waals surface area contributed by atoms with Crippen LogP contribution >= 0.6 is 24.0 Å². The molecule has 7 heteroatoms. The Balaban J connectivity index is 0.00000312. The molecule has 0 aliphatic carbocycles. The molecule has 4 nitrogen and oxygen atoms in total. The Labute approximate surface area is 163 Å². The molecule has 2 aromatic carbocycles. The largest absolute Gasteiger partial charge is 0.492 e. The lowest BCUT2D eigenvalue weighted by Gasteiger charge is -2.12. The van der Waals surface area contributed by atoms with E-state index in [0.717, 1.165) is 17.9 Å². The highest BCUT2D eigenvalue weighted by atomic mass is 127. The van der Waals surface area contributed by atoms with Crippen LogP contribution in [0.5, 0.6) is 5.75 Å². The van der Waals surface area contributed by atoms with E-state index in [-0.39, 0.29) is 24.0 Å². The van der Waals surface area contributed by atoms with Crippen molar-refractivity contribution in [3.8, 4) is 5.75 Å². The van der Waals surface area contributed by atoms with E-state index in [1.807, 2.05) is 30.3 Å². The Morgan fingerprint density at radius 3 is 2.48 bits per heavy atom. The Bertz CT molecular complexity index is 669. The SMILES string of the molecule is CN=C(NCCOc1ccccc1)NCCc1cc(F)ccc1F.I. The summed E-state index contributed by atoms with van der Waals surface area (Å²) in [5, 5.41) is 6.16. The molecule has 2 aromatic rings. The van der Waals surface area contributed by atoms with Gasteiger partial charge in [0.05, 0.1) is 6.54 Å². The topological polar surface area (TPSA) is 45.7 Å². The fourth-order valence-electron chi connectivity index (χ4n) is 2.13. The van der Waals surface area contributed by atoms with Gasteiger partial charge in [-0.25, -0.2) is 8.78 Å². The van der Waals surface area contributed by atoms with Crippen LogP contribution < -0.4 is 15.4 Å². The van der Waals surface area contributed by atoms with Crippen molar-refractivity contribution >= 4 is 29.9 Å². The van der Waals surface area contributed by atoms with E-state index in [2.05, 4.69) is 15.6 Å². The first-order chi connectivity index (χ1) is 11.7. The monoisotopic (exact) mass is 461 g/mol. The molecule has 0 atom stereocenters. The van der Waals surface area contributed by atoms with Crippen LogP contribution in [0, 0.1) is 11.6 Å². The van der Waals surface area contributed by atoms with Gasteiger partial charge in [0.15, 0.2) is 5.96 Å². The number of halogens is 3. The van der Waals surface area contributed by atoms with Gasteiger partial charge in [-0.2, -0.15) is 0 Å². The van der Waals surface area contributed by atoms with Crippen molar-refractivity contribution in [3.05, 3.63) is 65.7 Å². The number of aliphatic imine (C=N–C) groups is 1. The molecule has 0 aliphatic rings. The number of hydrogen-bond donors (Lipinski definition) is 2. The molecule has 0 radical (unpaired) electrons. The number of nitrogens with one attached hydrogen (secondary N) is 2. The van der Waals surface area contributed by atoms with Gasteiger partial charge in [-0.05, 0) is 42.3 Å². The minimum absolute atomic E-state index is 0. The molecule has 0 saturated carbocycles. The summed E-state index contributed by atoms with van der Waals surface area (Å²) in [6.45, 7) is 1.51. The average Bonchev–Trinajstić information content (AvgIpc) is 2.61. The first-order valence-electron chi connectivity index (χ1n) is 7.75. The fraction of sp³-hybridized carbons (Fsp3) is 0.278. The lowest BCUT2D eigenvalue weighted by atomic mass is 10.1. The van der Waals surface area contributed by atoms with E-state index in [1.165, 1.54) is 6.07 Å². The predicted octanol–water partition coefficient (Wildman–Crippen LogP) is 3.37. The maximum absolute atomic E-state index is 13.5. The number of ether oxygens (including phenoxy) is 1. The predicted molar refractivity (Wildman–Crippen MR) is 107 cm³/mol. The quantitative estimate of drug-likeness (QED) is 0.288. The van der Waals surface area contributed by atoms with Gasteiger partial charge in [0.2, 0.25) is 0 Å². The van der Waals surface area contributed by atoms with Gasteiger partial charge in [0.25, 0.3) is 0 Å². The second kappa shape index (κ2) is 11.6. The number of guanidine groups is 1. The number of nitrogens with zero attached hydrogens (tertiary/aromatic N) is 1. The van der Waals surface area contributed by atoms with E-state index in [9.17, 15) is 8.78 Å². The summed E-state index contributed by atoms with van der Waals surface area (Å²) in [6.07, 6.45) is 0.366. The molecule has 0 aromatic heterocycles. The van der Waals surface area contributed by atoms with Gasteiger partial charge >= 0.3 is 0 Å². The minimum atomic E-state index is -0.438. The highest BCUT2D eigenvalue weighted by molar-refractivity contribution is 14.0. The van der Waals surface area contributed by atoms with Crippen molar-refractivity contribution in [1.29, 1.82) is 0 Å². The second-order valence-corrected chi connectivity index (χ2v) is 5.07. The van der Waals surface area contributed by atoms with Crippen molar-refractivity contribution in [1.82, 2.24) is 10.6 Å². The summed E-state index contributed by atoms with van der Waals surface area (Å²) in [4.78, 5) is 4.07. The number of hydrogen-bond acceptors (Lipinski definition) is 2. The van der Waals surface area contributed by atoms with Crippen LogP contribution in [-0.2, 0) is 6.42 Å². The summed E-state index contributed by atoms with van der Waals surface area (Å²) >= 11 is 0. The summed E-state index contributed by atoms with van der Waals surface area (Å²) in [7, 11) is 1.65. The standard InChI is InChI=1S/C18H21F2N3O.HI/c1-21-18(23-11-12-24-16-5-3-2-4-6-16)22-10-9-14-13-15(19)7-8-17(14)20;/h2-8,13H,9-12H2,1H3,(H2,21,22,23);1H. The maximum Gasteiger partial charge on any atom is 0.191 e. The van der Waals surface area contributed by atoms with Gasteiger partial charge in [0.1, 0.15) is 24.0 Å². The molecule has 0 aliphatic heterocycles. The van der Waals surface area contributed by atoms with Crippen molar-refractivity contribution in [3.63, 3.8) is 0 Å². The Morgan fingerprint density at radius 2 is 1.76 bits per heavy atom. The third-order valence-corrected chi connectivity index (χ3v) is 3.32. The number of benzene rings is 2. The van der Waals surface area contributed by atoms with Crippen molar-refractivity contribution < 1.29 is 13.5 Å². The molecule has 0 unspecified atom stereocenters. The van der Waals surface area contributed by atoms with Crippen LogP contribution in [0.25, 0.3) is 0 Å². The molecule has 0 bridgehead atoms. The molecule has 2 N–H and O–H groups in total. The van der Waals surface area contributed by atoms with Gasteiger partial charge in [-0.1, -0.05) is 18.2 Å². The van der Waals surface area contributed by atoms with Crippen LogP contribution in [0.2, 0.25) is 0 Å². The van der Waals surface area contributed by atoms with Crippen molar-refractivity contribution in [2.45, 2.75) is 6.42 Å². The highest BCUT2D eigenvalue weighted by Gasteiger charge is 2.04. The zero-order valence-electron chi connectivity index (χ0n) is 14.0. The molecule has 136 valence electrons. The fourth-order valence-corrected chi connectivity index (χ4v) is 2.13. The Hall–Kier alpha value is -1.90. The third kappa shape index (κ3) is 7.68. The van der Waals surface area contributed by atoms with Crippen molar-refractivity contribution in [2.24, 2.45) is 4.99 Å². The summed E-state index contributed by atoms with van der Waals surface area (Å²) in [5.41, 5.74) is 0.338. The molecular weight excluding hydrogens is 439 g/mol. The van der Waals surface area contributed by atoms with E-state index in [4.69, 9.17) is 4.74 Å². The molecule has 0 saturated heterocycles. The maximum atomic E-state index is 13.5. The van der Waals surface area contributed by atoms with Gasteiger partial charge in [-0.15, -0.1) is 24.0 Å². The van der Waals surface area contributed by atoms with E-state index < -0.39 is 11.6 Å². The van der Waals surface area contributed by atoms with E-state index in [1.54, 1.807) is 7.05 Å². The second-order valence-electron chi connectivity index (χ2n) is 5.07. The van der Waals surface area contributed by atoms with Crippen LogP contribution in [0.15, 0.2) is 53.5 Å². The zero-order valence-corrected chi connectivity index (χ0v) is 16.3. The van der Waals surface area contributed by atoms with Crippen LogP contribution in [-0.4, -0.2) is 32.7 Å². The first kappa shape index (κ1) is 21.1. The molecule has 0 spiro atoms. The van der Waals surface area contributed by atoms with Crippen molar-refractivity contribution in [2.75, 3.05) is 26.7 Å². The van der Waals surface area contributed by atoms with Gasteiger partial charge in [0, 0.05) is 13.6 Å². The molecular formula is C18H22F2IN3O. The molecule has 0 fully saturated rings. The smallest absolute Gasteiger partial charge is 0.191 e. The van der Waals surface area contributed by atoms with Gasteiger partial charge < -0.3 is 15.4 Å². The summed E-state index contributed by atoms with van der Waals surface area (Å²) < 4.78 is 32.2. The first-order valence-corrected chi connectivity index (χ1v) is 7.75. The van der Waals surface area contributed by atoms with Crippen LogP contribution in [0.1, 0.15) is 5.56 Å². The summed E-state index contributed by atoms with van der Waals surface area (Å²) in [6, 6.07) is 13.0. The van der Waals surface area contributed by atoms with E-state index in [0.29, 0.717) is 37.6 Å². The number of para-hydroxylation sites is 1. The lowest BCUT2D eigenvalue weighted by Crippen LogP contribution is -2.40. The van der Waals surface area contributed by atoms with Crippen LogP contribution in [0.4, 0.5) is 8.78 Å². The molecule has 25 heavy (non-hydrogen) atoms. The molecule has 0 amide bonds. The lowest BCUT2D eigenvalue weighted by molar-refractivity contribution is 0.322. The molecule has 0 heterocycles. The normalized spacial score (nSPS) is 10.8. The Kier molecular flexibility index (Phi) is 9.83. The molecule has 2 rings (SSSR count). The zero-order chi connectivity index (χ0) is 17.2. The highest BCUT2D eigenvalue weighted by Crippen LogP contribution is 2.09. The number of rotatable bonds is 7. The summed E-state index contributed by atoms with van der Waals surface area (Å²) in [5.74, 6) is 0.552. The van der Waals surface area contributed by atoms with Gasteiger partial charge in [-0.3, -0.25) is 4.99 Å². The Morgan fingerprint density at radius 1 is 1.04 bits per heavy atom. The van der Waals surface area contributed by atoms with E-state index >= 15 is 0 Å².